The third-order valence-corrected chi connectivity index (χ3v) is 2.48. The fourth-order valence-electron chi connectivity index (χ4n) is 0.856. The molecule has 2 N–H and O–H groups in total. The van der Waals surface area contributed by atoms with E-state index in [0.29, 0.717) is 0 Å². The second kappa shape index (κ2) is 5.85. The average Bonchev–Trinajstić information content (AvgIpc) is 2.75. The highest BCUT2D eigenvalue weighted by molar-refractivity contribution is 7.12. The first kappa shape index (κ1) is 13.0. The number of thiophene rings is 1. The summed E-state index contributed by atoms with van der Waals surface area (Å²) < 4.78 is 9.18. The molecule has 1 aromatic rings. The second-order valence-corrected chi connectivity index (χ2v) is 3.69. The molecule has 0 saturated carbocycles. The predicted molar refractivity (Wildman–Crippen MR) is 57.3 cm³/mol. The van der Waals surface area contributed by atoms with Crippen molar-refractivity contribution in [2.24, 2.45) is 0 Å². The molecule has 1 aromatic heterocycles. The van der Waals surface area contributed by atoms with Crippen LogP contribution in [0.15, 0.2) is 11.4 Å². The number of nitrogens with one attached hydrogen (secondary N) is 1. The third-order valence-electron chi connectivity index (χ3n) is 1.58. The Labute approximate surface area is 100.0 Å². The van der Waals surface area contributed by atoms with Gasteiger partial charge in [-0.25, -0.2) is 9.59 Å². The van der Waals surface area contributed by atoms with Gasteiger partial charge in [-0.3, -0.25) is 10.1 Å². The van der Waals surface area contributed by atoms with Gasteiger partial charge in [0.2, 0.25) is 0 Å². The third kappa shape index (κ3) is 4.11. The maximum atomic E-state index is 11.1. The minimum atomic E-state index is -1.07. The highest BCUT2D eigenvalue weighted by atomic mass is 32.1. The van der Waals surface area contributed by atoms with Crippen LogP contribution in [-0.4, -0.2) is 36.8 Å². The lowest BCUT2D eigenvalue weighted by atomic mass is 10.4. The number of amides is 2. The topological polar surface area (TPSA) is 102 Å². The fourth-order valence-corrected chi connectivity index (χ4v) is 1.52. The summed E-state index contributed by atoms with van der Waals surface area (Å²) in [6, 6.07) is 1.29. The molecule has 8 heteroatoms. The number of hydrogen-bond acceptors (Lipinski definition) is 6. The van der Waals surface area contributed by atoms with Gasteiger partial charge in [0.05, 0.1) is 7.11 Å². The molecule has 0 atom stereocenters. The molecular weight excluding hydrogens is 250 g/mol. The van der Waals surface area contributed by atoms with Crippen LogP contribution in [0.3, 0.4) is 0 Å². The Morgan fingerprint density at radius 2 is 2.18 bits per heavy atom. The number of rotatable bonds is 4. The molecule has 0 aliphatic carbocycles. The summed E-state index contributed by atoms with van der Waals surface area (Å²) in [7, 11) is 1.13. The van der Waals surface area contributed by atoms with Crippen molar-refractivity contribution >= 4 is 29.3 Å². The zero-order valence-corrected chi connectivity index (χ0v) is 9.58. The van der Waals surface area contributed by atoms with Gasteiger partial charge in [0.1, 0.15) is 10.6 Å². The number of carboxylic acids is 1. The quantitative estimate of drug-likeness (QED) is 0.825. The van der Waals surface area contributed by atoms with Crippen LogP contribution >= 0.6 is 11.3 Å². The van der Waals surface area contributed by atoms with Crippen molar-refractivity contribution in [2.75, 3.05) is 13.7 Å². The van der Waals surface area contributed by atoms with E-state index in [1.54, 1.807) is 0 Å². The highest BCUT2D eigenvalue weighted by Gasteiger charge is 2.11. The molecule has 17 heavy (non-hydrogen) atoms. The fraction of sp³-hybridized carbons (Fsp3) is 0.222. The van der Waals surface area contributed by atoms with E-state index >= 15 is 0 Å². The zero-order valence-electron chi connectivity index (χ0n) is 8.76. The van der Waals surface area contributed by atoms with Crippen LogP contribution in [0.2, 0.25) is 0 Å². The average molecular weight is 259 g/mol. The van der Waals surface area contributed by atoms with Gasteiger partial charge in [-0.1, -0.05) is 0 Å². The van der Waals surface area contributed by atoms with E-state index in [1.807, 2.05) is 5.32 Å². The lowest BCUT2D eigenvalue weighted by molar-refractivity contribution is -0.122. The van der Waals surface area contributed by atoms with Gasteiger partial charge in [-0.05, 0) is 0 Å². The smallest absolute Gasteiger partial charge is 0.413 e. The van der Waals surface area contributed by atoms with Crippen molar-refractivity contribution in [3.63, 3.8) is 0 Å². The van der Waals surface area contributed by atoms with Gasteiger partial charge < -0.3 is 14.6 Å². The molecule has 0 aliphatic rings. The van der Waals surface area contributed by atoms with E-state index in [9.17, 15) is 14.4 Å². The van der Waals surface area contributed by atoms with Crippen molar-refractivity contribution in [3.05, 3.63) is 16.3 Å². The Balaban J connectivity index is 2.42. The standard InChI is InChI=1S/C9H9NO6S/c1-15-9(14)10-7(11)3-16-5-2-6(8(12)13)17-4-5/h2,4H,3H2,1H3,(H,12,13)(H,10,11,14). The lowest BCUT2D eigenvalue weighted by Gasteiger charge is -2.03. The Morgan fingerprint density at radius 1 is 1.47 bits per heavy atom. The first-order valence-corrected chi connectivity index (χ1v) is 5.23. The molecule has 0 spiro atoms. The molecule has 0 aromatic carbocycles. The van der Waals surface area contributed by atoms with Crippen LogP contribution in [0.5, 0.6) is 5.75 Å². The summed E-state index contributed by atoms with van der Waals surface area (Å²) in [5.41, 5.74) is 0. The van der Waals surface area contributed by atoms with E-state index in [4.69, 9.17) is 9.84 Å². The van der Waals surface area contributed by atoms with Crippen molar-refractivity contribution in [3.8, 4) is 5.75 Å². The Bertz CT molecular complexity index is 440. The minimum absolute atomic E-state index is 0.105. The van der Waals surface area contributed by atoms with Gasteiger partial charge in [-0.2, -0.15) is 0 Å². The monoisotopic (exact) mass is 259 g/mol. The molecule has 0 aliphatic heterocycles. The zero-order chi connectivity index (χ0) is 12.8. The normalized spacial score (nSPS) is 9.47. The number of hydrogen-bond donors (Lipinski definition) is 2. The summed E-state index contributed by atoms with van der Waals surface area (Å²) in [5, 5.41) is 12.0. The van der Waals surface area contributed by atoms with Gasteiger partial charge >= 0.3 is 12.1 Å². The number of methoxy groups -OCH3 is 1. The number of carboxylic acid groups (broad SMARTS) is 1. The van der Waals surface area contributed by atoms with E-state index in [2.05, 4.69) is 4.74 Å². The summed E-state index contributed by atoms with van der Waals surface area (Å²) in [6.07, 6.45) is -0.879. The van der Waals surface area contributed by atoms with Gasteiger partial charge in [0.25, 0.3) is 5.91 Å². The van der Waals surface area contributed by atoms with Gasteiger partial charge in [-0.15, -0.1) is 11.3 Å². The Morgan fingerprint density at radius 3 is 2.71 bits per heavy atom. The molecule has 7 nitrogen and oxygen atoms in total. The second-order valence-electron chi connectivity index (χ2n) is 2.78. The molecule has 0 bridgehead atoms. The first-order valence-electron chi connectivity index (χ1n) is 4.35. The molecular formula is C9H9NO6S. The van der Waals surface area contributed by atoms with Crippen LogP contribution in [0.4, 0.5) is 4.79 Å². The highest BCUT2D eigenvalue weighted by Crippen LogP contribution is 2.21. The van der Waals surface area contributed by atoms with E-state index in [-0.39, 0.29) is 10.6 Å². The number of carbonyl (C=O) groups excluding carboxylic acids is 2. The largest absolute Gasteiger partial charge is 0.483 e. The maximum absolute atomic E-state index is 11.1. The van der Waals surface area contributed by atoms with Gasteiger partial charge in [0.15, 0.2) is 6.61 Å². The van der Waals surface area contributed by atoms with Gasteiger partial charge in [0, 0.05) is 11.4 Å². The number of aromatic carboxylic acids is 1. The summed E-state index contributed by atoms with van der Waals surface area (Å²) in [6.45, 7) is -0.398. The molecule has 0 saturated heterocycles. The van der Waals surface area contributed by atoms with E-state index in [0.717, 1.165) is 18.4 Å². The lowest BCUT2D eigenvalue weighted by Crippen LogP contribution is -2.34. The molecule has 0 fully saturated rings. The number of imide groups is 1. The molecule has 0 radical (unpaired) electrons. The summed E-state index contributed by atoms with van der Waals surface area (Å²) in [4.78, 5) is 32.4. The molecule has 2 amide bonds. The van der Waals surface area contributed by atoms with E-state index in [1.165, 1.54) is 11.4 Å². The van der Waals surface area contributed by atoms with Crippen molar-refractivity contribution < 1.29 is 29.0 Å². The molecule has 1 rings (SSSR count). The first-order chi connectivity index (χ1) is 8.02. The van der Waals surface area contributed by atoms with Crippen LogP contribution in [-0.2, 0) is 9.53 Å². The molecule has 1 heterocycles. The molecule has 92 valence electrons. The summed E-state index contributed by atoms with van der Waals surface area (Å²) in [5.74, 6) is -1.49. The van der Waals surface area contributed by atoms with Crippen molar-refractivity contribution in [1.82, 2.24) is 5.32 Å². The predicted octanol–water partition coefficient (Wildman–Crippen LogP) is 0.708. The SMILES string of the molecule is COC(=O)NC(=O)COc1csc(C(=O)O)c1. The van der Waals surface area contributed by atoms with Crippen molar-refractivity contribution in [1.29, 1.82) is 0 Å². The van der Waals surface area contributed by atoms with Crippen LogP contribution < -0.4 is 10.1 Å². The number of ether oxygens (including phenoxy) is 2. The summed E-state index contributed by atoms with van der Waals surface area (Å²) >= 11 is 0.980. The maximum Gasteiger partial charge on any atom is 0.413 e. The minimum Gasteiger partial charge on any atom is -0.483 e. The Hall–Kier alpha value is -2.09. The number of carbonyl (C=O) groups is 3. The van der Waals surface area contributed by atoms with E-state index < -0.39 is 24.6 Å². The Kier molecular flexibility index (Phi) is 4.46. The number of alkyl carbamates (subject to hydrolysis) is 1. The van der Waals surface area contributed by atoms with Crippen LogP contribution in [0, 0.1) is 0 Å². The van der Waals surface area contributed by atoms with Crippen LogP contribution in [0.1, 0.15) is 9.67 Å². The van der Waals surface area contributed by atoms with Crippen molar-refractivity contribution in [2.45, 2.75) is 0 Å². The van der Waals surface area contributed by atoms with Crippen LogP contribution in [0.25, 0.3) is 0 Å². The molecule has 0 unspecified atom stereocenters.